The Morgan fingerprint density at radius 2 is 2.11 bits per heavy atom. The molecular formula is C17H29N2+. The number of quaternary nitrogens is 1. The van der Waals surface area contributed by atoms with Crippen molar-refractivity contribution in [3.8, 4) is 0 Å². The van der Waals surface area contributed by atoms with Gasteiger partial charge >= 0.3 is 0 Å². The number of fused-ring (bicyclic) bond motifs is 1. The molecule has 0 bridgehead atoms. The molecule has 2 nitrogen and oxygen atoms in total. The van der Waals surface area contributed by atoms with E-state index >= 15 is 0 Å². The molecule has 1 aliphatic heterocycles. The fraction of sp³-hybridized carbons (Fsp3) is 0.765. The van der Waals surface area contributed by atoms with E-state index in [0.717, 1.165) is 30.5 Å². The minimum Gasteiger partial charge on any atom is -0.299 e. The number of hydrogen-bond donors (Lipinski definition) is 1. The Kier molecular flexibility index (Phi) is 3.14. The summed E-state index contributed by atoms with van der Waals surface area (Å²) in [5.74, 6) is 2.47. The van der Waals surface area contributed by atoms with Crippen molar-refractivity contribution < 1.29 is 4.48 Å². The molecule has 0 aromatic rings. The van der Waals surface area contributed by atoms with Gasteiger partial charge in [0.25, 0.3) is 0 Å². The van der Waals surface area contributed by atoms with Gasteiger partial charge in [-0.3, -0.25) is 9.80 Å². The van der Waals surface area contributed by atoms with Crippen molar-refractivity contribution >= 4 is 0 Å². The van der Waals surface area contributed by atoms with Crippen molar-refractivity contribution in [3.05, 3.63) is 22.8 Å². The van der Waals surface area contributed by atoms with Crippen molar-refractivity contribution in [2.75, 3.05) is 26.8 Å². The normalized spacial score (nSPS) is 37.5. The van der Waals surface area contributed by atoms with Gasteiger partial charge in [-0.25, -0.2) is 0 Å². The number of rotatable bonds is 6. The van der Waals surface area contributed by atoms with Crippen LogP contribution in [-0.4, -0.2) is 37.3 Å². The molecule has 0 amide bonds. The van der Waals surface area contributed by atoms with E-state index in [2.05, 4.69) is 46.1 Å². The molecule has 0 aromatic heterocycles. The molecule has 1 fully saturated rings. The number of nitrogens with one attached hydrogen (secondary N) is 1. The Labute approximate surface area is 118 Å². The topological polar surface area (TPSA) is 12.0 Å². The van der Waals surface area contributed by atoms with Crippen LogP contribution in [0.1, 0.15) is 34.1 Å². The summed E-state index contributed by atoms with van der Waals surface area (Å²) in [5, 5.41) is 3.41. The molecular weight excluding hydrogens is 232 g/mol. The number of nitrogens with zero attached hydrogens (tertiary/aromatic N) is 1. The average molecular weight is 261 g/mol. The zero-order valence-corrected chi connectivity index (χ0v) is 13.2. The second-order valence-electron chi connectivity index (χ2n) is 7.35. The molecule has 4 atom stereocenters. The third kappa shape index (κ3) is 2.09. The van der Waals surface area contributed by atoms with Crippen molar-refractivity contribution in [1.82, 2.24) is 5.32 Å². The molecule has 0 saturated carbocycles. The fourth-order valence-electron chi connectivity index (χ4n) is 4.37. The maximum Gasteiger partial charge on any atom is 0.137 e. The molecule has 2 aliphatic carbocycles. The zero-order chi connectivity index (χ0) is 13.8. The van der Waals surface area contributed by atoms with Gasteiger partial charge in [0, 0.05) is 5.92 Å². The number of hydrogen-bond acceptors (Lipinski definition) is 1. The first-order chi connectivity index (χ1) is 9.00. The van der Waals surface area contributed by atoms with Gasteiger partial charge in [-0.05, 0) is 55.9 Å². The summed E-state index contributed by atoms with van der Waals surface area (Å²) < 4.78 is 1.30. The lowest BCUT2D eigenvalue weighted by Gasteiger charge is -2.32. The van der Waals surface area contributed by atoms with E-state index in [9.17, 15) is 0 Å². The van der Waals surface area contributed by atoms with E-state index in [1.165, 1.54) is 24.0 Å². The summed E-state index contributed by atoms with van der Waals surface area (Å²) in [6, 6.07) is 0.858. The summed E-state index contributed by atoms with van der Waals surface area (Å²) >= 11 is 0. The second kappa shape index (κ2) is 4.46. The van der Waals surface area contributed by atoms with Crippen molar-refractivity contribution in [2.24, 2.45) is 17.8 Å². The summed E-state index contributed by atoms with van der Waals surface area (Å²) in [5.41, 5.74) is 4.96. The van der Waals surface area contributed by atoms with Gasteiger partial charge in [0.2, 0.25) is 0 Å². The number of allylic oxidation sites excluding steroid dienone is 4. The molecule has 1 N–H and O–H groups in total. The highest BCUT2D eigenvalue weighted by Crippen LogP contribution is 2.54. The molecule has 0 radical (unpaired) electrons. The Hall–Kier alpha value is -0.600. The minimum atomic E-state index is 0.790. The average Bonchev–Trinajstić information content (AvgIpc) is 3.09. The summed E-state index contributed by atoms with van der Waals surface area (Å²) in [6.45, 7) is 13.4. The van der Waals surface area contributed by atoms with Gasteiger partial charge in [0.15, 0.2) is 0 Å². The third-order valence-corrected chi connectivity index (χ3v) is 5.83. The van der Waals surface area contributed by atoms with Crippen LogP contribution in [0, 0.1) is 17.8 Å². The SMILES string of the molecule is CNC[N+]1(C[C@@H](C(C)C)C2CC=C3C(C)=C32)CC1C. The Morgan fingerprint density at radius 3 is 2.53 bits per heavy atom. The predicted octanol–water partition coefficient (Wildman–Crippen LogP) is 2.93. The first kappa shape index (κ1) is 13.4. The molecule has 106 valence electrons. The third-order valence-electron chi connectivity index (χ3n) is 5.83. The monoisotopic (exact) mass is 261 g/mol. The lowest BCUT2D eigenvalue weighted by Crippen LogP contribution is -2.43. The van der Waals surface area contributed by atoms with Crippen molar-refractivity contribution in [3.63, 3.8) is 0 Å². The first-order valence-corrected chi connectivity index (χ1v) is 7.92. The van der Waals surface area contributed by atoms with Crippen LogP contribution in [0.15, 0.2) is 22.8 Å². The van der Waals surface area contributed by atoms with Crippen LogP contribution in [0.5, 0.6) is 0 Å². The van der Waals surface area contributed by atoms with Gasteiger partial charge in [-0.2, -0.15) is 0 Å². The lowest BCUT2D eigenvalue weighted by molar-refractivity contribution is -0.820. The molecule has 2 heteroatoms. The van der Waals surface area contributed by atoms with Gasteiger partial charge < -0.3 is 0 Å². The second-order valence-corrected chi connectivity index (χ2v) is 7.35. The molecule has 3 aliphatic rings. The summed E-state index contributed by atoms with van der Waals surface area (Å²) in [7, 11) is 2.10. The van der Waals surface area contributed by atoms with Gasteiger partial charge in [0.05, 0.1) is 6.54 Å². The largest absolute Gasteiger partial charge is 0.299 e. The molecule has 3 rings (SSSR count). The molecule has 0 spiro atoms. The highest BCUT2D eigenvalue weighted by atomic mass is 15.5. The van der Waals surface area contributed by atoms with Crippen LogP contribution in [0.2, 0.25) is 0 Å². The molecule has 19 heavy (non-hydrogen) atoms. The molecule has 0 aromatic carbocycles. The minimum absolute atomic E-state index is 0.790. The van der Waals surface area contributed by atoms with Crippen LogP contribution in [-0.2, 0) is 0 Å². The van der Waals surface area contributed by atoms with E-state index in [-0.39, 0.29) is 0 Å². The smallest absolute Gasteiger partial charge is 0.137 e. The van der Waals surface area contributed by atoms with Crippen molar-refractivity contribution in [1.29, 1.82) is 0 Å². The Balaban J connectivity index is 1.73. The highest BCUT2D eigenvalue weighted by molar-refractivity contribution is 5.69. The first-order valence-electron chi connectivity index (χ1n) is 7.92. The molecule has 1 saturated heterocycles. The quantitative estimate of drug-likeness (QED) is 0.572. The zero-order valence-electron chi connectivity index (χ0n) is 13.2. The van der Waals surface area contributed by atoms with Gasteiger partial charge in [-0.15, -0.1) is 0 Å². The standard InChI is InChI=1S/C17H29N2/c1-11(2)16(9-19(10-18-5)8-12(19)3)15-7-6-14-13(4)17(14)15/h6,11-12,15-16,18H,7-10H2,1-5H3/q+1/t12?,15?,16-,19?/m0/s1. The maximum absolute atomic E-state index is 3.41. The Morgan fingerprint density at radius 1 is 1.42 bits per heavy atom. The van der Waals surface area contributed by atoms with Crippen LogP contribution in [0.3, 0.4) is 0 Å². The van der Waals surface area contributed by atoms with Crippen molar-refractivity contribution in [2.45, 2.75) is 40.2 Å². The fourth-order valence-corrected chi connectivity index (χ4v) is 4.37. The van der Waals surface area contributed by atoms with E-state index < -0.39 is 0 Å². The molecule has 3 unspecified atom stereocenters. The van der Waals surface area contributed by atoms with Crippen LogP contribution in [0.25, 0.3) is 0 Å². The predicted molar refractivity (Wildman–Crippen MR) is 80.6 cm³/mol. The van der Waals surface area contributed by atoms with Crippen LogP contribution in [0.4, 0.5) is 0 Å². The van der Waals surface area contributed by atoms with Crippen LogP contribution < -0.4 is 5.32 Å². The maximum atomic E-state index is 3.41. The van der Waals surface area contributed by atoms with Gasteiger partial charge in [-0.1, -0.05) is 19.9 Å². The van der Waals surface area contributed by atoms with E-state index in [1.54, 1.807) is 16.7 Å². The van der Waals surface area contributed by atoms with Gasteiger partial charge in [0.1, 0.15) is 19.3 Å². The van der Waals surface area contributed by atoms with Crippen LogP contribution >= 0.6 is 0 Å². The van der Waals surface area contributed by atoms with E-state index in [4.69, 9.17) is 0 Å². The lowest BCUT2D eigenvalue weighted by atomic mass is 9.80. The summed E-state index contributed by atoms with van der Waals surface area (Å²) in [4.78, 5) is 0. The highest BCUT2D eigenvalue weighted by Gasteiger charge is 2.54. The van der Waals surface area contributed by atoms with E-state index in [0.29, 0.717) is 0 Å². The Bertz CT molecular complexity index is 446. The summed E-state index contributed by atoms with van der Waals surface area (Å²) in [6.07, 6.45) is 3.79. The molecule has 1 heterocycles. The van der Waals surface area contributed by atoms with E-state index in [1.807, 2.05) is 0 Å².